The molecule has 0 aromatic heterocycles. The first-order valence-corrected chi connectivity index (χ1v) is 14.2. The summed E-state index contributed by atoms with van der Waals surface area (Å²) in [7, 11) is 4.99. The maximum absolute atomic E-state index is 6.82. The molecule has 0 bridgehead atoms. The molecule has 2 aliphatic rings. The highest BCUT2D eigenvalue weighted by Crippen LogP contribution is 2.56. The molecule has 0 amide bonds. The molecular weight excluding hydrogens is 522 g/mol. The largest absolute Gasteiger partial charge is 0.497 e. The van der Waals surface area contributed by atoms with Crippen molar-refractivity contribution in [1.82, 2.24) is 0 Å². The van der Waals surface area contributed by atoms with Gasteiger partial charge in [0.25, 0.3) is 0 Å². The first-order chi connectivity index (χ1) is 19.6. The molecule has 40 heavy (non-hydrogen) atoms. The van der Waals surface area contributed by atoms with Crippen molar-refractivity contribution < 1.29 is 23.7 Å². The van der Waals surface area contributed by atoms with E-state index in [1.165, 1.54) is 0 Å². The van der Waals surface area contributed by atoms with Gasteiger partial charge in [0.1, 0.15) is 23.4 Å². The molecule has 4 aromatic carbocycles. The Hall–Kier alpha value is -4.10. The topological polar surface area (TPSA) is 58.5 Å². The van der Waals surface area contributed by atoms with Crippen LogP contribution in [0.3, 0.4) is 0 Å². The summed E-state index contributed by atoms with van der Waals surface area (Å²) in [6, 6.07) is 28.6. The summed E-state index contributed by atoms with van der Waals surface area (Å²) in [5.74, 6) is 3.71. The Labute approximate surface area is 238 Å². The molecule has 0 aliphatic carbocycles. The van der Waals surface area contributed by atoms with Crippen molar-refractivity contribution in [2.75, 3.05) is 27.9 Å². The first kappa shape index (κ1) is 26.1. The SMILES string of the molecule is CCOc1ccc2c(c1)SC(c1ccc(OC)c(OC)c1)C1C(=N2)c2ccccc2OC1c1ccc(OC)cc1. The molecule has 0 radical (unpaired) electrons. The monoisotopic (exact) mass is 553 g/mol. The van der Waals surface area contributed by atoms with E-state index in [-0.39, 0.29) is 17.3 Å². The van der Waals surface area contributed by atoms with Crippen molar-refractivity contribution >= 4 is 23.2 Å². The molecule has 6 nitrogen and oxygen atoms in total. The van der Waals surface area contributed by atoms with Crippen LogP contribution in [-0.4, -0.2) is 33.6 Å². The lowest BCUT2D eigenvalue weighted by Crippen LogP contribution is -2.35. The zero-order chi connectivity index (χ0) is 27.6. The third-order valence-corrected chi connectivity index (χ3v) is 8.70. The van der Waals surface area contributed by atoms with Gasteiger partial charge >= 0.3 is 0 Å². The van der Waals surface area contributed by atoms with E-state index in [4.69, 9.17) is 28.7 Å². The van der Waals surface area contributed by atoms with E-state index in [2.05, 4.69) is 42.5 Å². The second kappa shape index (κ2) is 11.2. The van der Waals surface area contributed by atoms with Crippen molar-refractivity contribution in [2.45, 2.75) is 23.2 Å². The van der Waals surface area contributed by atoms with E-state index >= 15 is 0 Å². The van der Waals surface area contributed by atoms with Crippen LogP contribution in [0.1, 0.15) is 35.0 Å². The average Bonchev–Trinajstić information content (AvgIpc) is 3.18. The molecule has 204 valence electrons. The van der Waals surface area contributed by atoms with E-state index < -0.39 is 0 Å². The summed E-state index contributed by atoms with van der Waals surface area (Å²) in [6.07, 6.45) is -0.286. The van der Waals surface area contributed by atoms with Crippen LogP contribution in [0.25, 0.3) is 0 Å². The Kier molecular flexibility index (Phi) is 7.30. The van der Waals surface area contributed by atoms with E-state index in [1.807, 2.05) is 49.4 Å². The van der Waals surface area contributed by atoms with Crippen LogP contribution in [0.15, 0.2) is 94.8 Å². The lowest BCUT2D eigenvalue weighted by atomic mass is 9.80. The Bertz CT molecular complexity index is 1550. The van der Waals surface area contributed by atoms with E-state index in [0.29, 0.717) is 18.1 Å². The molecule has 0 N–H and O–H groups in total. The number of hydrogen-bond acceptors (Lipinski definition) is 7. The summed E-state index contributed by atoms with van der Waals surface area (Å²) in [5.41, 5.74) is 5.07. The zero-order valence-electron chi connectivity index (χ0n) is 22.9. The van der Waals surface area contributed by atoms with Crippen LogP contribution >= 0.6 is 11.8 Å². The van der Waals surface area contributed by atoms with Crippen LogP contribution < -0.4 is 23.7 Å². The normalized spacial score (nSPS) is 19.1. The van der Waals surface area contributed by atoms with Crippen LogP contribution in [0, 0.1) is 5.92 Å². The minimum Gasteiger partial charge on any atom is -0.497 e. The molecule has 7 heteroatoms. The van der Waals surface area contributed by atoms with Gasteiger partial charge in [-0.15, -0.1) is 11.8 Å². The summed E-state index contributed by atoms with van der Waals surface area (Å²) < 4.78 is 29.4. The second-order valence-corrected chi connectivity index (χ2v) is 10.7. The Balaban J connectivity index is 1.58. The Morgan fingerprint density at radius 1 is 0.775 bits per heavy atom. The standard InChI is InChI=1S/C33H31NO5S/c1-5-38-23-15-16-25-29(19-23)40-33(21-12-17-27(36-3)28(18-21)37-4)30-31(34-25)24-8-6-7-9-26(24)39-32(30)20-10-13-22(35-2)14-11-20/h6-19,30,32-33H,5H2,1-4H3. The fourth-order valence-electron chi connectivity index (χ4n) is 5.40. The highest BCUT2D eigenvalue weighted by atomic mass is 32.2. The molecule has 3 atom stereocenters. The number of fused-ring (bicyclic) bond motifs is 4. The van der Waals surface area contributed by atoms with Crippen LogP contribution in [0.4, 0.5) is 5.69 Å². The van der Waals surface area contributed by atoms with Gasteiger partial charge in [-0.1, -0.05) is 30.3 Å². The number of nitrogens with zero attached hydrogens (tertiary/aromatic N) is 1. The second-order valence-electron chi connectivity index (χ2n) is 9.55. The number of hydrogen-bond donors (Lipinski definition) is 0. The quantitative estimate of drug-likeness (QED) is 0.232. The molecule has 2 heterocycles. The minimum absolute atomic E-state index is 0.0582. The number of thioether (sulfide) groups is 1. The predicted octanol–water partition coefficient (Wildman–Crippen LogP) is 7.83. The third-order valence-electron chi connectivity index (χ3n) is 7.30. The molecule has 0 fully saturated rings. The van der Waals surface area contributed by atoms with Gasteiger partial charge in [0.05, 0.1) is 45.3 Å². The molecule has 6 rings (SSSR count). The Morgan fingerprint density at radius 3 is 2.27 bits per heavy atom. The number of ether oxygens (including phenoxy) is 5. The van der Waals surface area contributed by atoms with Gasteiger partial charge in [0.2, 0.25) is 0 Å². The number of aliphatic imine (C=N–C) groups is 1. The van der Waals surface area contributed by atoms with Crippen molar-refractivity contribution in [1.29, 1.82) is 0 Å². The van der Waals surface area contributed by atoms with Gasteiger partial charge in [0.15, 0.2) is 11.5 Å². The van der Waals surface area contributed by atoms with Crippen LogP contribution in [0.2, 0.25) is 0 Å². The van der Waals surface area contributed by atoms with Crippen LogP contribution in [0.5, 0.6) is 28.7 Å². The maximum atomic E-state index is 6.82. The minimum atomic E-state index is -0.286. The summed E-state index contributed by atoms with van der Waals surface area (Å²) in [6.45, 7) is 2.59. The average molecular weight is 554 g/mol. The number of methoxy groups -OCH3 is 3. The van der Waals surface area contributed by atoms with Crippen molar-refractivity contribution in [3.8, 4) is 28.7 Å². The molecule has 0 saturated heterocycles. The highest BCUT2D eigenvalue weighted by molar-refractivity contribution is 7.99. The number of para-hydroxylation sites is 1. The third kappa shape index (κ3) is 4.75. The fraction of sp³-hybridized carbons (Fsp3) is 0.242. The highest BCUT2D eigenvalue weighted by Gasteiger charge is 2.44. The Morgan fingerprint density at radius 2 is 1.52 bits per heavy atom. The fourth-order valence-corrected chi connectivity index (χ4v) is 6.80. The molecule has 3 unspecified atom stereocenters. The van der Waals surface area contributed by atoms with Gasteiger partial charge in [0, 0.05) is 15.7 Å². The number of benzene rings is 4. The number of rotatable bonds is 7. The lowest BCUT2D eigenvalue weighted by Gasteiger charge is -2.38. The van der Waals surface area contributed by atoms with Crippen LogP contribution in [-0.2, 0) is 0 Å². The summed E-state index contributed by atoms with van der Waals surface area (Å²) in [5, 5.41) is -0.0582. The predicted molar refractivity (Wildman–Crippen MR) is 158 cm³/mol. The molecule has 2 aliphatic heterocycles. The smallest absolute Gasteiger partial charge is 0.161 e. The maximum Gasteiger partial charge on any atom is 0.161 e. The molecule has 0 saturated carbocycles. The van der Waals surface area contributed by atoms with Crippen molar-refractivity contribution in [3.05, 3.63) is 102 Å². The molecular formula is C33H31NO5S. The van der Waals surface area contributed by atoms with Gasteiger partial charge in [-0.05, 0) is 72.6 Å². The van der Waals surface area contributed by atoms with Crippen molar-refractivity contribution in [2.24, 2.45) is 10.9 Å². The van der Waals surface area contributed by atoms with E-state index in [9.17, 15) is 0 Å². The lowest BCUT2D eigenvalue weighted by molar-refractivity contribution is 0.156. The van der Waals surface area contributed by atoms with Gasteiger partial charge in [-0.3, -0.25) is 4.99 Å². The summed E-state index contributed by atoms with van der Waals surface area (Å²) >= 11 is 1.77. The van der Waals surface area contributed by atoms with Gasteiger partial charge in [-0.25, -0.2) is 0 Å². The van der Waals surface area contributed by atoms with Gasteiger partial charge in [-0.2, -0.15) is 0 Å². The van der Waals surface area contributed by atoms with Gasteiger partial charge < -0.3 is 23.7 Å². The molecule has 4 aromatic rings. The first-order valence-electron chi connectivity index (χ1n) is 13.3. The van der Waals surface area contributed by atoms with E-state index in [0.717, 1.165) is 50.2 Å². The summed E-state index contributed by atoms with van der Waals surface area (Å²) in [4.78, 5) is 6.40. The zero-order valence-corrected chi connectivity index (χ0v) is 23.7. The molecule has 0 spiro atoms. The van der Waals surface area contributed by atoms with E-state index in [1.54, 1.807) is 33.1 Å². The van der Waals surface area contributed by atoms with Crippen molar-refractivity contribution in [3.63, 3.8) is 0 Å².